The SMILES string of the molecule is COCCN(CC(=O)N1N=C(c2cccc(OC)c2)C[C@@H]1c1ccc(Cl)cc1)C(=O)NC(C)C. The van der Waals surface area contributed by atoms with E-state index >= 15 is 0 Å². The molecule has 3 rings (SSSR count). The van der Waals surface area contributed by atoms with Crippen LogP contribution in [0.15, 0.2) is 53.6 Å². The number of hydrogen-bond acceptors (Lipinski definition) is 5. The van der Waals surface area contributed by atoms with Gasteiger partial charge in [0.05, 0.1) is 25.5 Å². The van der Waals surface area contributed by atoms with E-state index in [2.05, 4.69) is 10.4 Å². The van der Waals surface area contributed by atoms with Gasteiger partial charge in [-0.25, -0.2) is 9.80 Å². The number of methoxy groups -OCH3 is 2. The second-order valence-corrected chi connectivity index (χ2v) is 8.74. The Bertz CT molecular complexity index is 1030. The van der Waals surface area contributed by atoms with Crippen LogP contribution < -0.4 is 10.1 Å². The van der Waals surface area contributed by atoms with E-state index in [9.17, 15) is 9.59 Å². The Labute approximate surface area is 205 Å². The predicted octanol–water partition coefficient (Wildman–Crippen LogP) is 4.09. The molecule has 2 aromatic rings. The summed E-state index contributed by atoms with van der Waals surface area (Å²) in [5.41, 5.74) is 2.55. The van der Waals surface area contributed by atoms with Crippen LogP contribution >= 0.6 is 11.6 Å². The molecule has 182 valence electrons. The highest BCUT2D eigenvalue weighted by Gasteiger charge is 2.34. The molecule has 0 spiro atoms. The maximum absolute atomic E-state index is 13.5. The van der Waals surface area contributed by atoms with Crippen molar-refractivity contribution in [2.24, 2.45) is 5.10 Å². The van der Waals surface area contributed by atoms with E-state index in [0.29, 0.717) is 23.8 Å². The van der Waals surface area contributed by atoms with Crippen molar-refractivity contribution in [2.45, 2.75) is 32.4 Å². The Morgan fingerprint density at radius 3 is 2.59 bits per heavy atom. The molecule has 1 heterocycles. The van der Waals surface area contributed by atoms with E-state index in [0.717, 1.165) is 16.8 Å². The van der Waals surface area contributed by atoms with E-state index in [1.807, 2.05) is 50.2 Å². The van der Waals surface area contributed by atoms with E-state index in [4.69, 9.17) is 21.1 Å². The smallest absolute Gasteiger partial charge is 0.318 e. The van der Waals surface area contributed by atoms with Gasteiger partial charge in [0.1, 0.15) is 12.3 Å². The third-order valence-electron chi connectivity index (χ3n) is 5.41. The molecular formula is C25H31ClN4O4. The fourth-order valence-electron chi connectivity index (χ4n) is 3.69. The molecular weight excluding hydrogens is 456 g/mol. The summed E-state index contributed by atoms with van der Waals surface area (Å²) in [4.78, 5) is 27.6. The molecule has 1 aliphatic rings. The largest absolute Gasteiger partial charge is 0.497 e. The van der Waals surface area contributed by atoms with Gasteiger partial charge in [0, 0.05) is 36.7 Å². The maximum atomic E-state index is 13.5. The highest BCUT2D eigenvalue weighted by molar-refractivity contribution is 6.30. The molecule has 3 amide bonds. The molecule has 2 aromatic carbocycles. The minimum Gasteiger partial charge on any atom is -0.497 e. The zero-order valence-corrected chi connectivity index (χ0v) is 20.7. The van der Waals surface area contributed by atoms with Gasteiger partial charge >= 0.3 is 6.03 Å². The number of nitrogens with one attached hydrogen (secondary N) is 1. The van der Waals surface area contributed by atoms with E-state index in [1.165, 1.54) is 9.91 Å². The molecule has 1 atom stereocenters. The number of amides is 3. The van der Waals surface area contributed by atoms with Gasteiger partial charge in [-0.05, 0) is 43.7 Å². The number of carbonyl (C=O) groups excluding carboxylic acids is 2. The molecule has 34 heavy (non-hydrogen) atoms. The van der Waals surface area contributed by atoms with Crippen molar-refractivity contribution in [1.82, 2.24) is 15.2 Å². The Balaban J connectivity index is 1.89. The van der Waals surface area contributed by atoms with Gasteiger partial charge in [-0.3, -0.25) is 4.79 Å². The number of hydrazone groups is 1. The number of carbonyl (C=O) groups is 2. The number of hydrogen-bond donors (Lipinski definition) is 1. The highest BCUT2D eigenvalue weighted by atomic mass is 35.5. The Kier molecular flexibility index (Phi) is 8.90. The van der Waals surface area contributed by atoms with Gasteiger partial charge in [0.2, 0.25) is 0 Å². The van der Waals surface area contributed by atoms with E-state index in [-0.39, 0.29) is 37.1 Å². The summed E-state index contributed by atoms with van der Waals surface area (Å²) in [5.74, 6) is 0.428. The molecule has 0 unspecified atom stereocenters. The average molecular weight is 487 g/mol. The van der Waals surface area contributed by atoms with E-state index in [1.54, 1.807) is 26.4 Å². The maximum Gasteiger partial charge on any atom is 0.318 e. The van der Waals surface area contributed by atoms with Crippen LogP contribution in [0.5, 0.6) is 5.75 Å². The van der Waals surface area contributed by atoms with Crippen molar-refractivity contribution >= 4 is 29.3 Å². The van der Waals surface area contributed by atoms with Crippen LogP contribution in [0.2, 0.25) is 5.02 Å². The van der Waals surface area contributed by atoms with Crippen molar-refractivity contribution in [1.29, 1.82) is 0 Å². The van der Waals surface area contributed by atoms with Crippen molar-refractivity contribution in [3.05, 3.63) is 64.7 Å². The number of ether oxygens (including phenoxy) is 2. The Morgan fingerprint density at radius 2 is 1.94 bits per heavy atom. The zero-order valence-electron chi connectivity index (χ0n) is 20.0. The van der Waals surface area contributed by atoms with Crippen molar-refractivity contribution in [2.75, 3.05) is 33.9 Å². The lowest BCUT2D eigenvalue weighted by atomic mass is 9.98. The molecule has 0 saturated carbocycles. The van der Waals surface area contributed by atoms with Crippen LogP contribution in [0.1, 0.15) is 37.4 Å². The third kappa shape index (κ3) is 6.48. The second-order valence-electron chi connectivity index (χ2n) is 8.31. The average Bonchev–Trinajstić information content (AvgIpc) is 3.27. The molecule has 0 aromatic heterocycles. The summed E-state index contributed by atoms with van der Waals surface area (Å²) < 4.78 is 10.5. The molecule has 0 saturated heterocycles. The molecule has 8 nitrogen and oxygen atoms in total. The number of benzene rings is 2. The number of rotatable bonds is 9. The summed E-state index contributed by atoms with van der Waals surface area (Å²) in [6.07, 6.45) is 0.525. The van der Waals surface area contributed by atoms with Crippen LogP contribution in [-0.4, -0.2) is 67.5 Å². The van der Waals surface area contributed by atoms with Gasteiger partial charge in [-0.1, -0.05) is 35.9 Å². The normalized spacial score (nSPS) is 15.3. The predicted molar refractivity (Wildman–Crippen MR) is 132 cm³/mol. The van der Waals surface area contributed by atoms with Gasteiger partial charge in [-0.2, -0.15) is 5.10 Å². The minimum atomic E-state index is -0.320. The van der Waals surface area contributed by atoms with Crippen LogP contribution in [0.4, 0.5) is 4.79 Å². The first kappa shape index (κ1) is 25.5. The molecule has 0 aliphatic carbocycles. The van der Waals surface area contributed by atoms with Gasteiger partial charge in [-0.15, -0.1) is 0 Å². The summed E-state index contributed by atoms with van der Waals surface area (Å²) in [6, 6.07) is 14.3. The number of nitrogens with zero attached hydrogens (tertiary/aromatic N) is 3. The fraction of sp³-hybridized carbons (Fsp3) is 0.400. The summed E-state index contributed by atoms with van der Waals surface area (Å²) in [6.45, 7) is 4.22. The standard InChI is InChI=1S/C25H31ClN4O4/c1-17(2)27-25(32)29(12-13-33-3)16-24(31)30-23(18-8-10-20(26)11-9-18)15-22(28-30)19-6-5-7-21(14-19)34-4/h5-11,14,17,23H,12-13,15-16H2,1-4H3,(H,27,32)/t23-/m1/s1. The van der Waals surface area contributed by atoms with Crippen molar-refractivity contribution in [3.63, 3.8) is 0 Å². The topological polar surface area (TPSA) is 83.5 Å². The van der Waals surface area contributed by atoms with Crippen LogP contribution in [-0.2, 0) is 9.53 Å². The summed E-state index contributed by atoms with van der Waals surface area (Å²) in [5, 5.41) is 9.62. The molecule has 0 bridgehead atoms. The first-order chi connectivity index (χ1) is 16.3. The second kappa shape index (κ2) is 11.9. The molecule has 1 N–H and O–H groups in total. The molecule has 0 fully saturated rings. The summed E-state index contributed by atoms with van der Waals surface area (Å²) in [7, 11) is 3.17. The Hall–Kier alpha value is -3.10. The van der Waals surface area contributed by atoms with Gasteiger partial charge in [0.25, 0.3) is 5.91 Å². The number of urea groups is 1. The van der Waals surface area contributed by atoms with Crippen LogP contribution in [0, 0.1) is 0 Å². The monoisotopic (exact) mass is 486 g/mol. The minimum absolute atomic E-state index is 0.0565. The first-order valence-corrected chi connectivity index (χ1v) is 11.5. The lowest BCUT2D eigenvalue weighted by Gasteiger charge is -2.27. The number of halogens is 1. The lowest BCUT2D eigenvalue weighted by Crippen LogP contribution is -2.48. The summed E-state index contributed by atoms with van der Waals surface area (Å²) >= 11 is 6.08. The molecule has 1 aliphatic heterocycles. The lowest BCUT2D eigenvalue weighted by molar-refractivity contribution is -0.133. The van der Waals surface area contributed by atoms with E-state index < -0.39 is 0 Å². The first-order valence-electron chi connectivity index (χ1n) is 11.2. The molecule has 9 heteroatoms. The Morgan fingerprint density at radius 1 is 1.21 bits per heavy atom. The van der Waals surface area contributed by atoms with Crippen molar-refractivity contribution in [3.8, 4) is 5.75 Å². The van der Waals surface area contributed by atoms with Crippen LogP contribution in [0.3, 0.4) is 0 Å². The van der Waals surface area contributed by atoms with Crippen LogP contribution in [0.25, 0.3) is 0 Å². The van der Waals surface area contributed by atoms with Gasteiger partial charge < -0.3 is 19.7 Å². The molecule has 0 radical (unpaired) electrons. The van der Waals surface area contributed by atoms with Gasteiger partial charge in [0.15, 0.2) is 0 Å². The third-order valence-corrected chi connectivity index (χ3v) is 5.67. The quantitative estimate of drug-likeness (QED) is 0.578. The van der Waals surface area contributed by atoms with Crippen molar-refractivity contribution < 1.29 is 19.1 Å². The zero-order chi connectivity index (χ0) is 24.7. The fourth-order valence-corrected chi connectivity index (χ4v) is 3.82. The highest BCUT2D eigenvalue weighted by Crippen LogP contribution is 2.34.